The Bertz CT molecular complexity index is 755. The van der Waals surface area contributed by atoms with Crippen LogP contribution in [0, 0.1) is 20.8 Å². The topological polar surface area (TPSA) is 58.1 Å². The van der Waals surface area contributed by atoms with Crippen molar-refractivity contribution in [3.8, 4) is 0 Å². The van der Waals surface area contributed by atoms with Crippen LogP contribution in [0.1, 0.15) is 52.9 Å². The third-order valence-electron chi connectivity index (χ3n) is 4.91. The quantitative estimate of drug-likeness (QED) is 0.923. The number of hydrogen-bond donors (Lipinski definition) is 1. The molecule has 0 bridgehead atoms. The van der Waals surface area contributed by atoms with Crippen LogP contribution in [-0.4, -0.2) is 46.5 Å². The number of rotatable bonds is 4. The van der Waals surface area contributed by atoms with Crippen molar-refractivity contribution >= 4 is 27.5 Å². The van der Waals surface area contributed by atoms with Crippen LogP contribution in [0.3, 0.4) is 0 Å². The molecular formula is C18H26N4OS. The van der Waals surface area contributed by atoms with Crippen LogP contribution in [0.15, 0.2) is 0 Å². The first kappa shape index (κ1) is 17.3. The van der Waals surface area contributed by atoms with Gasteiger partial charge in [-0.25, -0.2) is 9.97 Å². The maximum absolute atomic E-state index is 12.6. The Morgan fingerprint density at radius 3 is 2.83 bits per heavy atom. The van der Waals surface area contributed by atoms with Crippen LogP contribution in [0.2, 0.25) is 0 Å². The van der Waals surface area contributed by atoms with Gasteiger partial charge in [-0.05, 0) is 52.6 Å². The van der Waals surface area contributed by atoms with E-state index in [-0.39, 0.29) is 5.91 Å². The summed E-state index contributed by atoms with van der Waals surface area (Å²) in [6, 6.07) is 0.627. The van der Waals surface area contributed by atoms with E-state index in [1.807, 2.05) is 20.8 Å². The second kappa shape index (κ2) is 7.15. The molecule has 0 aromatic carbocycles. The number of aromatic nitrogens is 2. The van der Waals surface area contributed by atoms with Gasteiger partial charge >= 0.3 is 0 Å². The number of aryl methyl sites for hydroxylation is 3. The molecule has 2 aromatic rings. The van der Waals surface area contributed by atoms with Crippen molar-refractivity contribution < 1.29 is 4.79 Å². The molecule has 130 valence electrons. The molecule has 0 radical (unpaired) electrons. The lowest BCUT2D eigenvalue weighted by atomic mass is 10.0. The molecule has 3 rings (SSSR count). The molecule has 5 nitrogen and oxygen atoms in total. The molecule has 0 unspecified atom stereocenters. The summed E-state index contributed by atoms with van der Waals surface area (Å²) in [5, 5.41) is 4.11. The fraction of sp³-hybridized carbons (Fsp3) is 0.611. The summed E-state index contributed by atoms with van der Waals surface area (Å²) >= 11 is 1.47. The number of amides is 1. The minimum absolute atomic E-state index is 0.0113. The first-order valence-electron chi connectivity index (χ1n) is 8.74. The highest BCUT2D eigenvalue weighted by molar-refractivity contribution is 7.20. The highest BCUT2D eigenvalue weighted by atomic mass is 32.1. The summed E-state index contributed by atoms with van der Waals surface area (Å²) in [5.74, 6) is 0.768. The molecule has 2 aromatic heterocycles. The van der Waals surface area contributed by atoms with E-state index in [0.717, 1.165) is 45.3 Å². The van der Waals surface area contributed by atoms with E-state index in [2.05, 4.69) is 27.1 Å². The van der Waals surface area contributed by atoms with Crippen molar-refractivity contribution in [3.05, 3.63) is 22.0 Å². The molecule has 1 aliphatic rings. The van der Waals surface area contributed by atoms with E-state index >= 15 is 0 Å². The number of piperidine rings is 1. The van der Waals surface area contributed by atoms with Gasteiger partial charge in [-0.3, -0.25) is 9.69 Å². The van der Waals surface area contributed by atoms with Crippen LogP contribution in [0.25, 0.3) is 10.2 Å². The average Bonchev–Trinajstić information content (AvgIpc) is 2.86. The van der Waals surface area contributed by atoms with E-state index in [1.54, 1.807) is 0 Å². The summed E-state index contributed by atoms with van der Waals surface area (Å²) in [5.41, 5.74) is 1.95. The third-order valence-corrected chi connectivity index (χ3v) is 6.10. The number of carbonyl (C=O) groups is 1. The van der Waals surface area contributed by atoms with Crippen LogP contribution in [-0.2, 0) is 0 Å². The van der Waals surface area contributed by atoms with Crippen LogP contribution in [0.4, 0.5) is 0 Å². The highest BCUT2D eigenvalue weighted by Gasteiger charge is 2.20. The van der Waals surface area contributed by atoms with E-state index in [9.17, 15) is 4.79 Å². The molecule has 1 saturated heterocycles. The van der Waals surface area contributed by atoms with Crippen molar-refractivity contribution in [1.82, 2.24) is 20.2 Å². The number of nitrogens with zero attached hydrogens (tertiary/aromatic N) is 3. The van der Waals surface area contributed by atoms with Crippen LogP contribution in [0.5, 0.6) is 0 Å². The molecule has 1 fully saturated rings. The Kier molecular flexibility index (Phi) is 5.15. The van der Waals surface area contributed by atoms with E-state index in [0.29, 0.717) is 12.6 Å². The number of nitrogens with one attached hydrogen (secondary N) is 1. The highest BCUT2D eigenvalue weighted by Crippen LogP contribution is 2.31. The second-order valence-electron chi connectivity index (χ2n) is 6.73. The fourth-order valence-corrected chi connectivity index (χ4v) is 4.77. The van der Waals surface area contributed by atoms with E-state index < -0.39 is 0 Å². The van der Waals surface area contributed by atoms with Gasteiger partial charge in [-0.15, -0.1) is 11.3 Å². The Hall–Kier alpha value is -1.53. The number of hydrogen-bond acceptors (Lipinski definition) is 5. The maximum atomic E-state index is 12.6. The second-order valence-corrected chi connectivity index (χ2v) is 7.73. The molecule has 0 spiro atoms. The van der Waals surface area contributed by atoms with Crippen LogP contribution < -0.4 is 5.32 Å². The van der Waals surface area contributed by atoms with Gasteiger partial charge < -0.3 is 5.32 Å². The monoisotopic (exact) mass is 346 g/mol. The zero-order chi connectivity index (χ0) is 17.3. The van der Waals surface area contributed by atoms with E-state index in [4.69, 9.17) is 0 Å². The lowest BCUT2D eigenvalue weighted by Gasteiger charge is -2.33. The molecule has 0 saturated carbocycles. The predicted octanol–water partition coefficient (Wildman–Crippen LogP) is 3.22. The maximum Gasteiger partial charge on any atom is 0.261 e. The zero-order valence-electron chi connectivity index (χ0n) is 15.0. The van der Waals surface area contributed by atoms with Gasteiger partial charge in [0.1, 0.15) is 10.7 Å². The van der Waals surface area contributed by atoms with Gasteiger partial charge in [0, 0.05) is 30.2 Å². The minimum Gasteiger partial charge on any atom is -0.350 e. The predicted molar refractivity (Wildman–Crippen MR) is 98.8 cm³/mol. The fourth-order valence-electron chi connectivity index (χ4n) is 3.57. The third kappa shape index (κ3) is 3.44. The summed E-state index contributed by atoms with van der Waals surface area (Å²) in [6.07, 6.45) is 3.86. The summed E-state index contributed by atoms with van der Waals surface area (Å²) in [4.78, 5) is 25.6. The van der Waals surface area contributed by atoms with Gasteiger partial charge in [-0.2, -0.15) is 0 Å². The molecule has 3 heterocycles. The smallest absolute Gasteiger partial charge is 0.261 e. The van der Waals surface area contributed by atoms with Gasteiger partial charge in [0.15, 0.2) is 0 Å². The molecule has 24 heavy (non-hydrogen) atoms. The normalized spacial score (nSPS) is 18.9. The van der Waals surface area contributed by atoms with Crippen molar-refractivity contribution in [2.45, 2.75) is 53.0 Å². The van der Waals surface area contributed by atoms with Crippen molar-refractivity contribution in [2.24, 2.45) is 0 Å². The minimum atomic E-state index is 0.0113. The number of likely N-dealkylation sites (tertiary alicyclic amines) is 1. The van der Waals surface area contributed by atoms with Crippen LogP contribution >= 0.6 is 11.3 Å². The molecule has 1 atom stereocenters. The number of carbonyl (C=O) groups excluding carboxylic acids is 1. The SMILES string of the molecule is Cc1nc(C)c2c(C)c(C(=O)NCCN3CCCC[C@H]3C)sc2n1. The lowest BCUT2D eigenvalue weighted by Crippen LogP contribution is -2.42. The van der Waals surface area contributed by atoms with Gasteiger partial charge in [0.05, 0.1) is 4.88 Å². The molecule has 1 amide bonds. The van der Waals surface area contributed by atoms with Gasteiger partial charge in [0.25, 0.3) is 5.91 Å². The average molecular weight is 346 g/mol. The first-order valence-corrected chi connectivity index (χ1v) is 9.55. The van der Waals surface area contributed by atoms with Crippen molar-refractivity contribution in [3.63, 3.8) is 0 Å². The van der Waals surface area contributed by atoms with Gasteiger partial charge in [0.2, 0.25) is 0 Å². The summed E-state index contributed by atoms with van der Waals surface area (Å²) in [6.45, 7) is 10.9. The first-order chi connectivity index (χ1) is 11.5. The molecule has 1 aliphatic heterocycles. The Morgan fingerprint density at radius 1 is 1.29 bits per heavy atom. The Morgan fingerprint density at radius 2 is 2.08 bits per heavy atom. The Balaban J connectivity index is 1.68. The summed E-state index contributed by atoms with van der Waals surface area (Å²) < 4.78 is 0. The zero-order valence-corrected chi connectivity index (χ0v) is 15.8. The molecule has 0 aliphatic carbocycles. The number of fused-ring (bicyclic) bond motifs is 1. The Labute approximate surface area is 147 Å². The standard InChI is InChI=1S/C18H26N4OS/c1-11-7-5-6-9-22(11)10-8-19-17(23)16-12(2)15-13(3)20-14(4)21-18(15)24-16/h11H,5-10H2,1-4H3,(H,19,23)/t11-/m1/s1. The van der Waals surface area contributed by atoms with Crippen molar-refractivity contribution in [1.29, 1.82) is 0 Å². The largest absolute Gasteiger partial charge is 0.350 e. The van der Waals surface area contributed by atoms with Crippen molar-refractivity contribution in [2.75, 3.05) is 19.6 Å². The summed E-state index contributed by atoms with van der Waals surface area (Å²) in [7, 11) is 0. The lowest BCUT2D eigenvalue weighted by molar-refractivity contribution is 0.0942. The van der Waals surface area contributed by atoms with Gasteiger partial charge in [-0.1, -0.05) is 6.42 Å². The number of thiophene rings is 1. The van der Waals surface area contributed by atoms with E-state index in [1.165, 1.54) is 30.6 Å². The molecule has 1 N–H and O–H groups in total. The molecular weight excluding hydrogens is 320 g/mol. The molecule has 6 heteroatoms.